The summed E-state index contributed by atoms with van der Waals surface area (Å²) in [5.41, 5.74) is 0.914. The summed E-state index contributed by atoms with van der Waals surface area (Å²) in [5.74, 6) is 0.466. The smallest absolute Gasteiger partial charge is 0.314 e. The predicted octanol–water partition coefficient (Wildman–Crippen LogP) is 2.89. The Morgan fingerprint density at radius 2 is 2.07 bits per heavy atom. The van der Waals surface area contributed by atoms with Crippen molar-refractivity contribution in [2.75, 3.05) is 6.61 Å². The number of fused-ring (bicyclic) bond motifs is 2. The van der Waals surface area contributed by atoms with Crippen LogP contribution in [0.4, 0.5) is 0 Å². The van der Waals surface area contributed by atoms with Crippen LogP contribution in [0.3, 0.4) is 0 Å². The Balaban J connectivity index is 1.68. The number of imidazole rings is 1. The third kappa shape index (κ3) is 2.93. The monoisotopic (exact) mass is 367 g/mol. The lowest BCUT2D eigenvalue weighted by Crippen LogP contribution is -2.47. The third-order valence-corrected chi connectivity index (χ3v) is 5.95. The number of aryl methyl sites for hydroxylation is 1. The zero-order valence-corrected chi connectivity index (χ0v) is 15.8. The minimum Gasteiger partial charge on any atom is -0.465 e. The summed E-state index contributed by atoms with van der Waals surface area (Å²) < 4.78 is 5.49. The van der Waals surface area contributed by atoms with Crippen molar-refractivity contribution >= 4 is 11.9 Å². The second kappa shape index (κ2) is 6.83. The van der Waals surface area contributed by atoms with Crippen molar-refractivity contribution in [1.82, 2.24) is 14.9 Å². The van der Waals surface area contributed by atoms with E-state index in [-0.39, 0.29) is 24.0 Å². The Morgan fingerprint density at radius 1 is 1.30 bits per heavy atom. The Bertz CT molecular complexity index is 847. The van der Waals surface area contributed by atoms with Crippen LogP contribution in [-0.4, -0.2) is 45.4 Å². The van der Waals surface area contributed by atoms with Gasteiger partial charge in [0.2, 0.25) is 0 Å². The van der Waals surface area contributed by atoms with Crippen molar-refractivity contribution in [2.24, 2.45) is 5.41 Å². The Labute approximate surface area is 158 Å². The molecule has 0 radical (unpaired) electrons. The lowest BCUT2D eigenvalue weighted by Gasteiger charge is -2.35. The lowest BCUT2D eigenvalue weighted by molar-refractivity contribution is -0.157. The molecule has 1 N–H and O–H groups in total. The van der Waals surface area contributed by atoms with Crippen LogP contribution in [0.1, 0.15) is 48.1 Å². The zero-order valence-electron chi connectivity index (χ0n) is 15.8. The molecule has 0 aliphatic carbocycles. The summed E-state index contributed by atoms with van der Waals surface area (Å²) in [4.78, 5) is 35.3. The number of nitrogens with zero attached hydrogens (tertiary/aromatic N) is 2. The summed E-state index contributed by atoms with van der Waals surface area (Å²) in [6, 6.07) is 9.94. The van der Waals surface area contributed by atoms with E-state index < -0.39 is 5.41 Å². The topological polar surface area (TPSA) is 75.3 Å². The molecule has 2 aliphatic heterocycles. The summed E-state index contributed by atoms with van der Waals surface area (Å²) in [6.45, 7) is 4.01. The third-order valence-electron chi connectivity index (χ3n) is 5.95. The number of esters is 1. The first-order valence-electron chi connectivity index (χ1n) is 9.60. The lowest BCUT2D eigenvalue weighted by atomic mass is 9.70. The number of H-pyrrole nitrogens is 1. The van der Waals surface area contributed by atoms with Gasteiger partial charge in [-0.1, -0.05) is 30.3 Å². The molecule has 3 atom stereocenters. The number of hydrogen-bond acceptors (Lipinski definition) is 4. The Morgan fingerprint density at radius 3 is 2.74 bits per heavy atom. The standard InChI is InChI=1S/C21H25N3O3/c1-3-27-20(26)21(11-15-7-5-4-6-8-15)12-16-9-10-18(21)24(16)19(25)17-13-22-14(2)23-17/h4-8,13,16,18H,3,9-12H2,1-2H3,(H,22,23)/t16-,18+,21+/m1/s1. The fourth-order valence-corrected chi connectivity index (χ4v) is 4.87. The average molecular weight is 367 g/mol. The van der Waals surface area contributed by atoms with Crippen molar-refractivity contribution < 1.29 is 14.3 Å². The Kier molecular flexibility index (Phi) is 4.50. The molecule has 1 aromatic carbocycles. The number of aromatic amines is 1. The van der Waals surface area contributed by atoms with Crippen LogP contribution in [0.25, 0.3) is 0 Å². The summed E-state index contributed by atoms with van der Waals surface area (Å²) in [5, 5.41) is 0. The number of aromatic nitrogens is 2. The molecule has 1 aromatic heterocycles. The molecule has 2 aliphatic rings. The van der Waals surface area contributed by atoms with E-state index in [2.05, 4.69) is 9.97 Å². The number of ether oxygens (including phenoxy) is 1. The minimum atomic E-state index is -0.676. The largest absolute Gasteiger partial charge is 0.465 e. The maximum atomic E-state index is 13.1. The molecule has 2 fully saturated rings. The molecule has 0 spiro atoms. The normalized spacial score (nSPS) is 26.4. The van der Waals surface area contributed by atoms with E-state index in [1.807, 2.05) is 49.1 Å². The van der Waals surface area contributed by atoms with Crippen LogP contribution in [0.5, 0.6) is 0 Å². The average Bonchev–Trinajstić information content (AvgIpc) is 3.36. The fourth-order valence-electron chi connectivity index (χ4n) is 4.87. The quantitative estimate of drug-likeness (QED) is 0.825. The number of hydrogen-bond donors (Lipinski definition) is 1. The molecule has 142 valence electrons. The van der Waals surface area contributed by atoms with Crippen molar-refractivity contribution in [2.45, 2.75) is 51.6 Å². The molecule has 6 heteroatoms. The number of nitrogens with one attached hydrogen (secondary N) is 1. The maximum absolute atomic E-state index is 13.1. The maximum Gasteiger partial charge on any atom is 0.314 e. The van der Waals surface area contributed by atoms with Gasteiger partial charge in [0.1, 0.15) is 11.5 Å². The van der Waals surface area contributed by atoms with Crippen LogP contribution < -0.4 is 0 Å². The number of carbonyl (C=O) groups excluding carboxylic acids is 2. The van der Waals surface area contributed by atoms with Gasteiger partial charge >= 0.3 is 5.97 Å². The number of amides is 1. The summed E-state index contributed by atoms with van der Waals surface area (Å²) in [7, 11) is 0. The molecule has 3 heterocycles. The van der Waals surface area contributed by atoms with Crippen LogP contribution in [-0.2, 0) is 16.0 Å². The zero-order chi connectivity index (χ0) is 19.0. The highest BCUT2D eigenvalue weighted by molar-refractivity contribution is 5.94. The van der Waals surface area contributed by atoms with Gasteiger partial charge < -0.3 is 14.6 Å². The van der Waals surface area contributed by atoms with E-state index in [9.17, 15) is 9.59 Å². The van der Waals surface area contributed by atoms with E-state index in [0.29, 0.717) is 31.0 Å². The molecule has 0 unspecified atom stereocenters. The van der Waals surface area contributed by atoms with Crippen molar-refractivity contribution in [3.63, 3.8) is 0 Å². The molecule has 0 saturated carbocycles. The molecule has 6 nitrogen and oxygen atoms in total. The van der Waals surface area contributed by atoms with Crippen LogP contribution in [0, 0.1) is 12.3 Å². The van der Waals surface area contributed by atoms with Crippen molar-refractivity contribution in [3.05, 3.63) is 53.6 Å². The first-order valence-corrected chi connectivity index (χ1v) is 9.60. The van der Waals surface area contributed by atoms with Crippen molar-refractivity contribution in [1.29, 1.82) is 0 Å². The molecule has 27 heavy (non-hydrogen) atoms. The van der Waals surface area contributed by atoms with Crippen LogP contribution in [0.2, 0.25) is 0 Å². The molecular formula is C21H25N3O3. The van der Waals surface area contributed by atoms with E-state index in [0.717, 1.165) is 18.4 Å². The van der Waals surface area contributed by atoms with Gasteiger partial charge in [-0.05, 0) is 45.1 Å². The van der Waals surface area contributed by atoms with Gasteiger partial charge in [0.05, 0.1) is 18.2 Å². The highest BCUT2D eigenvalue weighted by atomic mass is 16.5. The molecule has 1 amide bonds. The number of benzene rings is 1. The van der Waals surface area contributed by atoms with E-state index >= 15 is 0 Å². The van der Waals surface area contributed by atoms with Gasteiger partial charge in [-0.2, -0.15) is 0 Å². The second-order valence-electron chi connectivity index (χ2n) is 7.58. The molecule has 2 bridgehead atoms. The Hall–Kier alpha value is -2.63. The molecule has 4 rings (SSSR count). The molecular weight excluding hydrogens is 342 g/mol. The van der Waals surface area contributed by atoms with Gasteiger partial charge in [-0.3, -0.25) is 9.59 Å². The fraction of sp³-hybridized carbons (Fsp3) is 0.476. The predicted molar refractivity (Wildman–Crippen MR) is 100 cm³/mol. The summed E-state index contributed by atoms with van der Waals surface area (Å²) in [6.07, 6.45) is 4.59. The van der Waals surface area contributed by atoms with Crippen LogP contribution >= 0.6 is 0 Å². The van der Waals surface area contributed by atoms with E-state index in [1.165, 1.54) is 0 Å². The van der Waals surface area contributed by atoms with Gasteiger partial charge in [0, 0.05) is 12.1 Å². The van der Waals surface area contributed by atoms with Gasteiger partial charge in [-0.15, -0.1) is 0 Å². The number of rotatable bonds is 5. The first-order chi connectivity index (χ1) is 13.0. The highest BCUT2D eigenvalue weighted by Gasteiger charge is 2.62. The van der Waals surface area contributed by atoms with Crippen molar-refractivity contribution in [3.8, 4) is 0 Å². The van der Waals surface area contributed by atoms with Crippen LogP contribution in [0.15, 0.2) is 36.5 Å². The van der Waals surface area contributed by atoms with E-state index in [1.54, 1.807) is 6.20 Å². The van der Waals surface area contributed by atoms with Gasteiger partial charge in [-0.25, -0.2) is 4.98 Å². The van der Waals surface area contributed by atoms with Gasteiger partial charge in [0.25, 0.3) is 5.91 Å². The molecule has 2 aromatic rings. The minimum absolute atomic E-state index is 0.0673. The SMILES string of the molecule is CCOC(=O)[C@@]1(Cc2ccccc2)C[C@H]2CC[C@@H]1N2C(=O)c1cnc(C)[nH]1. The van der Waals surface area contributed by atoms with Gasteiger partial charge in [0.15, 0.2) is 0 Å². The summed E-state index contributed by atoms with van der Waals surface area (Å²) >= 11 is 0. The molecule has 2 saturated heterocycles. The first kappa shape index (κ1) is 17.8. The highest BCUT2D eigenvalue weighted by Crippen LogP contribution is 2.52. The number of carbonyl (C=O) groups is 2. The second-order valence-corrected chi connectivity index (χ2v) is 7.58. The van der Waals surface area contributed by atoms with E-state index in [4.69, 9.17) is 4.74 Å².